The summed E-state index contributed by atoms with van der Waals surface area (Å²) in [5, 5.41) is 18.2. The number of aliphatic hydroxyl groups excluding tert-OH is 1. The normalized spacial score (nSPS) is 10.8. The van der Waals surface area contributed by atoms with Crippen LogP contribution in [0.5, 0.6) is 0 Å². The molecule has 0 atom stereocenters. The van der Waals surface area contributed by atoms with Crippen LogP contribution in [0.25, 0.3) is 0 Å². The van der Waals surface area contributed by atoms with Gasteiger partial charge in [-0.05, 0) is 26.2 Å². The highest BCUT2D eigenvalue weighted by molar-refractivity contribution is 5.60. The van der Waals surface area contributed by atoms with Gasteiger partial charge in [0.2, 0.25) is 0 Å². The third-order valence-corrected chi connectivity index (χ3v) is 3.53. The van der Waals surface area contributed by atoms with E-state index in [1.54, 1.807) is 0 Å². The smallest absolute Gasteiger partial charge is 0.102 e. The topological polar surface area (TPSA) is 60.4 Å². The molecule has 0 saturated carbocycles. The zero-order valence-electron chi connectivity index (χ0n) is 14.0. The number of carboxylic acid groups (broad SMARTS) is 1. The first kappa shape index (κ1) is 21.7. The molecule has 0 spiro atoms. The van der Waals surface area contributed by atoms with Crippen molar-refractivity contribution in [3.8, 4) is 0 Å². The molecule has 0 bridgehead atoms. The van der Waals surface area contributed by atoms with Gasteiger partial charge in [0, 0.05) is 5.97 Å². The molecule has 0 heterocycles. The summed E-state index contributed by atoms with van der Waals surface area (Å²) in [6, 6.07) is 0. The molecule has 0 aromatic carbocycles. The van der Waals surface area contributed by atoms with Crippen LogP contribution < -0.4 is 5.11 Å². The Morgan fingerprint density at radius 1 is 0.900 bits per heavy atom. The first-order chi connectivity index (χ1) is 9.47. The first-order valence-corrected chi connectivity index (χ1v) is 8.11. The average Bonchev–Trinajstić information content (AvgIpc) is 2.40. The number of hydrogen-bond acceptors (Lipinski definition) is 3. The highest BCUT2D eigenvalue weighted by Crippen LogP contribution is 2.14. The number of carbonyl (C=O) groups excluding carboxylic acids is 1. The van der Waals surface area contributed by atoms with Crippen LogP contribution in [0.2, 0.25) is 0 Å². The van der Waals surface area contributed by atoms with Gasteiger partial charge in [-0.25, -0.2) is 0 Å². The minimum absolute atomic E-state index is 0.344. The third kappa shape index (κ3) is 13.8. The maximum atomic E-state index is 9.28. The molecule has 0 aliphatic carbocycles. The summed E-state index contributed by atoms with van der Waals surface area (Å²) in [5.41, 5.74) is 0. The van der Waals surface area contributed by atoms with Gasteiger partial charge in [0.15, 0.2) is 0 Å². The summed E-state index contributed by atoms with van der Waals surface area (Å²) in [5.74, 6) is -1.08. The molecular weight excluding hydrogens is 254 g/mol. The molecule has 0 aliphatic rings. The lowest BCUT2D eigenvalue weighted by molar-refractivity contribution is -0.929. The molecule has 0 saturated heterocycles. The van der Waals surface area contributed by atoms with Crippen molar-refractivity contribution in [3.63, 3.8) is 0 Å². The third-order valence-electron chi connectivity index (χ3n) is 3.53. The van der Waals surface area contributed by atoms with Crippen molar-refractivity contribution >= 4 is 5.97 Å². The molecule has 4 nitrogen and oxygen atoms in total. The predicted molar refractivity (Wildman–Crippen MR) is 82.2 cm³/mol. The summed E-state index contributed by atoms with van der Waals surface area (Å²) < 4.78 is 1.16. The van der Waals surface area contributed by atoms with Crippen molar-refractivity contribution in [2.45, 2.75) is 66.2 Å². The monoisotopic (exact) mass is 289 g/mol. The lowest BCUT2D eigenvalue weighted by Gasteiger charge is -2.38. The van der Waals surface area contributed by atoms with Gasteiger partial charge in [0.25, 0.3) is 0 Å². The maximum absolute atomic E-state index is 9.28. The van der Waals surface area contributed by atoms with Crippen molar-refractivity contribution in [2.75, 3.05) is 32.8 Å². The highest BCUT2D eigenvalue weighted by Gasteiger charge is 2.24. The second kappa shape index (κ2) is 14.8. The number of quaternary nitrogens is 1. The summed E-state index contributed by atoms with van der Waals surface area (Å²) in [7, 11) is 0. The van der Waals surface area contributed by atoms with E-state index in [9.17, 15) is 5.11 Å². The Morgan fingerprint density at radius 2 is 1.20 bits per heavy atom. The van der Waals surface area contributed by atoms with Crippen molar-refractivity contribution in [1.29, 1.82) is 0 Å². The fraction of sp³-hybridized carbons (Fsp3) is 0.938. The molecule has 0 aromatic heterocycles. The predicted octanol–water partition coefficient (Wildman–Crippen LogP) is 1.95. The van der Waals surface area contributed by atoms with Crippen LogP contribution in [0.3, 0.4) is 0 Å². The van der Waals surface area contributed by atoms with Crippen LogP contribution in [0, 0.1) is 0 Å². The van der Waals surface area contributed by atoms with E-state index < -0.39 is 5.97 Å². The van der Waals surface area contributed by atoms with Crippen LogP contribution in [0.1, 0.15) is 66.2 Å². The standard InChI is InChI=1S/C14H32NO.C2H4O2/c1-4-7-10-15(13-14-16,11-8-5-2)12-9-6-3;1-2(3)4/h16H,4-14H2,1-3H3;1H3,(H,3,4)/q+1;/p-1. The molecular formula is C16H35NO3. The summed E-state index contributed by atoms with van der Waals surface area (Å²) in [4.78, 5) is 8.89. The zero-order chi connectivity index (χ0) is 15.9. The van der Waals surface area contributed by atoms with Crippen molar-refractivity contribution in [3.05, 3.63) is 0 Å². The van der Waals surface area contributed by atoms with Crippen molar-refractivity contribution in [2.24, 2.45) is 0 Å². The van der Waals surface area contributed by atoms with E-state index in [0.29, 0.717) is 6.61 Å². The van der Waals surface area contributed by atoms with Crippen LogP contribution in [-0.2, 0) is 4.79 Å². The molecule has 122 valence electrons. The number of hydrogen-bond donors (Lipinski definition) is 1. The Labute approximate surface area is 125 Å². The molecule has 0 unspecified atom stereocenters. The average molecular weight is 289 g/mol. The van der Waals surface area contributed by atoms with E-state index in [-0.39, 0.29) is 0 Å². The summed E-state index contributed by atoms with van der Waals surface area (Å²) >= 11 is 0. The van der Waals surface area contributed by atoms with Crippen molar-refractivity contribution in [1.82, 2.24) is 0 Å². The number of aliphatic carboxylic acids is 1. The SMILES string of the molecule is CC(=O)[O-].CCCC[N+](CCO)(CCCC)CCCC. The fourth-order valence-corrected chi connectivity index (χ4v) is 2.36. The number of nitrogens with zero attached hydrogens (tertiary/aromatic N) is 1. The Balaban J connectivity index is 0. The lowest BCUT2D eigenvalue weighted by Crippen LogP contribution is -2.51. The number of unbranched alkanes of at least 4 members (excludes halogenated alkanes) is 3. The van der Waals surface area contributed by atoms with E-state index in [0.717, 1.165) is 18.0 Å². The zero-order valence-corrected chi connectivity index (χ0v) is 14.0. The first-order valence-electron chi connectivity index (χ1n) is 8.11. The van der Waals surface area contributed by atoms with Gasteiger partial charge < -0.3 is 19.5 Å². The van der Waals surface area contributed by atoms with Crippen LogP contribution in [0.4, 0.5) is 0 Å². The second-order valence-corrected chi connectivity index (χ2v) is 5.51. The Morgan fingerprint density at radius 3 is 1.40 bits per heavy atom. The van der Waals surface area contributed by atoms with Gasteiger partial charge >= 0.3 is 0 Å². The number of carbonyl (C=O) groups is 1. The molecule has 1 N–H and O–H groups in total. The number of carboxylic acids is 1. The summed E-state index contributed by atoms with van der Waals surface area (Å²) in [6.07, 6.45) is 7.70. The van der Waals surface area contributed by atoms with Gasteiger partial charge in [-0.3, -0.25) is 0 Å². The van der Waals surface area contributed by atoms with Crippen molar-refractivity contribution < 1.29 is 19.5 Å². The quantitative estimate of drug-likeness (QED) is 0.591. The van der Waals surface area contributed by atoms with Crippen LogP contribution in [0.15, 0.2) is 0 Å². The maximum Gasteiger partial charge on any atom is 0.102 e. The minimum Gasteiger partial charge on any atom is -0.550 e. The Hall–Kier alpha value is -0.610. The van der Waals surface area contributed by atoms with Gasteiger partial charge in [0.05, 0.1) is 26.2 Å². The Bertz CT molecular complexity index is 194. The molecule has 0 aliphatic heterocycles. The number of rotatable bonds is 11. The highest BCUT2D eigenvalue weighted by atomic mass is 16.4. The van der Waals surface area contributed by atoms with E-state index in [2.05, 4.69) is 20.8 Å². The Kier molecular flexibility index (Phi) is 16.0. The van der Waals surface area contributed by atoms with E-state index in [4.69, 9.17) is 9.90 Å². The van der Waals surface area contributed by atoms with E-state index in [1.165, 1.54) is 58.2 Å². The molecule has 0 radical (unpaired) electrons. The van der Waals surface area contributed by atoms with Crippen LogP contribution in [-0.4, -0.2) is 48.3 Å². The van der Waals surface area contributed by atoms with Gasteiger partial charge in [-0.15, -0.1) is 0 Å². The molecule has 0 aromatic rings. The van der Waals surface area contributed by atoms with E-state index >= 15 is 0 Å². The molecule has 0 amide bonds. The summed E-state index contributed by atoms with van der Waals surface area (Å²) in [6.45, 7) is 12.8. The minimum atomic E-state index is -1.08. The van der Waals surface area contributed by atoms with Gasteiger partial charge in [-0.2, -0.15) is 0 Å². The van der Waals surface area contributed by atoms with Gasteiger partial charge in [0.1, 0.15) is 6.54 Å². The van der Waals surface area contributed by atoms with Crippen LogP contribution >= 0.6 is 0 Å². The molecule has 0 fully saturated rings. The van der Waals surface area contributed by atoms with E-state index in [1.807, 2.05) is 0 Å². The molecule has 4 heteroatoms. The fourth-order valence-electron chi connectivity index (χ4n) is 2.36. The van der Waals surface area contributed by atoms with Gasteiger partial charge in [-0.1, -0.05) is 40.0 Å². The largest absolute Gasteiger partial charge is 0.550 e. The lowest BCUT2D eigenvalue weighted by atomic mass is 10.1. The number of aliphatic hydroxyl groups is 1. The molecule has 0 rings (SSSR count). The second-order valence-electron chi connectivity index (χ2n) is 5.51. The molecule has 20 heavy (non-hydrogen) atoms.